The standard InChI is InChI=1S/C9H4N4O2/c14-7-3-5-8(9(15)12-11-5)6-4-10-1-2-13(6)7/h1-4H. The number of rotatable bonds is 0. The minimum atomic E-state index is -0.435. The van der Waals surface area contributed by atoms with Crippen molar-refractivity contribution in [3.63, 3.8) is 0 Å². The molecule has 0 N–H and O–H groups in total. The van der Waals surface area contributed by atoms with Crippen LogP contribution in [0, 0.1) is 0 Å². The lowest BCUT2D eigenvalue weighted by Gasteiger charge is -2.01. The number of hydrogen-bond acceptors (Lipinski definition) is 4. The van der Waals surface area contributed by atoms with E-state index in [1.165, 1.54) is 29.1 Å². The van der Waals surface area contributed by atoms with Gasteiger partial charge in [-0.1, -0.05) is 0 Å². The van der Waals surface area contributed by atoms with Crippen molar-refractivity contribution in [1.82, 2.24) is 9.38 Å². The summed E-state index contributed by atoms with van der Waals surface area (Å²) in [4.78, 5) is 26.8. The maximum atomic E-state index is 11.6. The second kappa shape index (κ2) is 2.57. The average Bonchev–Trinajstić information content (AvgIpc) is 2.61. The zero-order chi connectivity index (χ0) is 10.4. The molecule has 72 valence electrons. The SMILES string of the molecule is O=C1N=Nc2cc(=O)n3ccncc3c21. The Balaban J connectivity index is 2.60. The number of carbonyl (C=O) groups is 1. The molecule has 3 rings (SSSR count). The summed E-state index contributed by atoms with van der Waals surface area (Å²) in [6.45, 7) is 0. The summed E-state index contributed by atoms with van der Waals surface area (Å²) < 4.78 is 1.35. The van der Waals surface area contributed by atoms with Crippen molar-refractivity contribution < 1.29 is 4.79 Å². The molecule has 0 bridgehead atoms. The molecule has 0 spiro atoms. The zero-order valence-electron chi connectivity index (χ0n) is 7.41. The summed E-state index contributed by atoms with van der Waals surface area (Å²) in [5.74, 6) is -0.435. The van der Waals surface area contributed by atoms with Crippen LogP contribution in [0.5, 0.6) is 0 Å². The third-order valence-electron chi connectivity index (χ3n) is 2.23. The van der Waals surface area contributed by atoms with E-state index in [4.69, 9.17) is 0 Å². The van der Waals surface area contributed by atoms with Gasteiger partial charge >= 0.3 is 0 Å². The van der Waals surface area contributed by atoms with E-state index in [2.05, 4.69) is 15.2 Å². The number of aromatic nitrogens is 2. The molecule has 0 fully saturated rings. The molecule has 2 aromatic heterocycles. The second-order valence-electron chi connectivity index (χ2n) is 3.08. The van der Waals surface area contributed by atoms with Crippen LogP contribution in [0.4, 0.5) is 5.69 Å². The fourth-order valence-corrected chi connectivity index (χ4v) is 1.58. The van der Waals surface area contributed by atoms with Gasteiger partial charge in [0.1, 0.15) is 5.69 Å². The number of amides is 1. The largest absolute Gasteiger partial charge is 0.299 e. The number of fused-ring (bicyclic) bond motifs is 3. The molecule has 3 heterocycles. The van der Waals surface area contributed by atoms with E-state index in [-0.39, 0.29) is 5.56 Å². The minimum Gasteiger partial charge on any atom is -0.280 e. The predicted octanol–water partition coefficient (Wildman–Crippen LogP) is 0.932. The van der Waals surface area contributed by atoms with Crippen LogP contribution in [-0.4, -0.2) is 15.3 Å². The molecule has 1 aliphatic heterocycles. The van der Waals surface area contributed by atoms with Crippen LogP contribution in [0.15, 0.2) is 39.7 Å². The van der Waals surface area contributed by atoms with E-state index in [9.17, 15) is 9.59 Å². The summed E-state index contributed by atoms with van der Waals surface area (Å²) in [6.07, 6.45) is 4.44. The number of carbonyl (C=O) groups excluding carboxylic acids is 1. The first-order valence-corrected chi connectivity index (χ1v) is 4.23. The molecule has 2 aromatic rings. The van der Waals surface area contributed by atoms with Crippen molar-refractivity contribution in [2.24, 2.45) is 10.2 Å². The first kappa shape index (κ1) is 7.98. The fraction of sp³-hybridized carbons (Fsp3) is 0. The Kier molecular flexibility index (Phi) is 1.37. The molecule has 6 nitrogen and oxygen atoms in total. The van der Waals surface area contributed by atoms with E-state index in [0.29, 0.717) is 16.8 Å². The van der Waals surface area contributed by atoms with Gasteiger partial charge < -0.3 is 0 Å². The topological polar surface area (TPSA) is 76.2 Å². The molecule has 1 amide bonds. The quantitative estimate of drug-likeness (QED) is 0.634. The van der Waals surface area contributed by atoms with Crippen molar-refractivity contribution >= 4 is 17.1 Å². The van der Waals surface area contributed by atoms with E-state index < -0.39 is 5.91 Å². The van der Waals surface area contributed by atoms with Gasteiger partial charge in [0, 0.05) is 18.5 Å². The minimum absolute atomic E-state index is 0.250. The van der Waals surface area contributed by atoms with Crippen LogP contribution >= 0.6 is 0 Å². The van der Waals surface area contributed by atoms with Crippen molar-refractivity contribution in [1.29, 1.82) is 0 Å². The van der Waals surface area contributed by atoms with Gasteiger partial charge in [0.15, 0.2) is 0 Å². The molecular formula is C9H4N4O2. The highest BCUT2D eigenvalue weighted by Gasteiger charge is 2.21. The zero-order valence-corrected chi connectivity index (χ0v) is 7.41. The van der Waals surface area contributed by atoms with Gasteiger partial charge in [-0.25, -0.2) is 0 Å². The third kappa shape index (κ3) is 0.954. The van der Waals surface area contributed by atoms with E-state index in [1.54, 1.807) is 0 Å². The van der Waals surface area contributed by atoms with E-state index >= 15 is 0 Å². The lowest BCUT2D eigenvalue weighted by atomic mass is 10.2. The highest BCUT2D eigenvalue weighted by molar-refractivity contribution is 6.07. The Bertz CT molecular complexity index is 671. The van der Waals surface area contributed by atoms with Crippen LogP contribution in [0.2, 0.25) is 0 Å². The fourth-order valence-electron chi connectivity index (χ4n) is 1.58. The first-order valence-electron chi connectivity index (χ1n) is 4.23. The highest BCUT2D eigenvalue weighted by Crippen LogP contribution is 2.27. The monoisotopic (exact) mass is 200 g/mol. The van der Waals surface area contributed by atoms with Crippen molar-refractivity contribution in [3.8, 4) is 0 Å². The number of azo groups is 1. The molecule has 0 aliphatic carbocycles. The number of nitrogens with zero attached hydrogens (tertiary/aromatic N) is 4. The molecule has 15 heavy (non-hydrogen) atoms. The van der Waals surface area contributed by atoms with Crippen LogP contribution < -0.4 is 5.56 Å². The smallest absolute Gasteiger partial charge is 0.280 e. The number of pyridine rings is 1. The molecule has 0 atom stereocenters. The third-order valence-corrected chi connectivity index (χ3v) is 2.23. The highest BCUT2D eigenvalue weighted by atomic mass is 16.2. The summed E-state index contributed by atoms with van der Waals surface area (Å²) in [5.41, 5.74) is 0.843. The number of hydrogen-bond donors (Lipinski definition) is 0. The molecule has 0 saturated heterocycles. The van der Waals surface area contributed by atoms with Gasteiger partial charge in [0.2, 0.25) is 0 Å². The Labute approximate surface area is 82.9 Å². The van der Waals surface area contributed by atoms with Gasteiger partial charge in [-0.15, -0.1) is 10.2 Å². The van der Waals surface area contributed by atoms with Gasteiger partial charge in [-0.05, 0) is 0 Å². The molecule has 1 aliphatic rings. The van der Waals surface area contributed by atoms with Gasteiger partial charge in [0.05, 0.1) is 17.3 Å². The molecule has 0 unspecified atom stereocenters. The van der Waals surface area contributed by atoms with Crippen LogP contribution in [-0.2, 0) is 0 Å². The summed E-state index contributed by atoms with van der Waals surface area (Å²) in [7, 11) is 0. The van der Waals surface area contributed by atoms with Crippen molar-refractivity contribution in [3.05, 3.63) is 40.6 Å². The van der Waals surface area contributed by atoms with E-state index in [0.717, 1.165) is 0 Å². The van der Waals surface area contributed by atoms with E-state index in [1.807, 2.05) is 0 Å². The van der Waals surface area contributed by atoms with Crippen LogP contribution in [0.1, 0.15) is 10.4 Å². The summed E-state index contributed by atoms with van der Waals surface area (Å²) in [6, 6.07) is 1.29. The Hall–Kier alpha value is -2.37. The molecule has 0 saturated carbocycles. The lowest BCUT2D eigenvalue weighted by Crippen LogP contribution is -2.14. The van der Waals surface area contributed by atoms with Crippen LogP contribution in [0.25, 0.3) is 5.52 Å². The van der Waals surface area contributed by atoms with Gasteiger partial charge in [-0.2, -0.15) is 0 Å². The summed E-state index contributed by atoms with van der Waals surface area (Å²) >= 11 is 0. The Morgan fingerprint density at radius 3 is 2.93 bits per heavy atom. The van der Waals surface area contributed by atoms with Crippen LogP contribution in [0.3, 0.4) is 0 Å². The van der Waals surface area contributed by atoms with Gasteiger partial charge in [0.25, 0.3) is 11.5 Å². The Morgan fingerprint density at radius 1 is 1.20 bits per heavy atom. The predicted molar refractivity (Wildman–Crippen MR) is 50.3 cm³/mol. The molecule has 0 radical (unpaired) electrons. The normalized spacial score (nSPS) is 13.5. The second-order valence-corrected chi connectivity index (χ2v) is 3.08. The Morgan fingerprint density at radius 2 is 2.07 bits per heavy atom. The van der Waals surface area contributed by atoms with Crippen molar-refractivity contribution in [2.75, 3.05) is 0 Å². The molecule has 6 heteroatoms. The van der Waals surface area contributed by atoms with Crippen molar-refractivity contribution in [2.45, 2.75) is 0 Å². The maximum Gasteiger partial charge on any atom is 0.299 e. The lowest BCUT2D eigenvalue weighted by molar-refractivity contribution is 0.100. The molecule has 0 aromatic carbocycles. The average molecular weight is 200 g/mol. The van der Waals surface area contributed by atoms with Gasteiger partial charge in [-0.3, -0.25) is 19.0 Å². The summed E-state index contributed by atoms with van der Waals surface area (Å²) in [5, 5.41) is 7.03. The molecular weight excluding hydrogens is 196 g/mol. The first-order chi connectivity index (χ1) is 7.27. The maximum absolute atomic E-state index is 11.6.